The molecule has 0 unspecified atom stereocenters. The molecule has 0 saturated carbocycles. The summed E-state index contributed by atoms with van der Waals surface area (Å²) in [6.07, 6.45) is 0. The predicted octanol–water partition coefficient (Wildman–Crippen LogP) is 0.508. The van der Waals surface area contributed by atoms with Crippen molar-refractivity contribution in [3.05, 3.63) is 29.3 Å². The Morgan fingerprint density at radius 2 is 1.84 bits per heavy atom. The zero-order valence-corrected chi connectivity index (χ0v) is 15.2. The molecule has 25 heavy (non-hydrogen) atoms. The molecule has 0 radical (unpaired) electrons. The first-order valence-electron chi connectivity index (χ1n) is 8.75. The van der Waals surface area contributed by atoms with Crippen LogP contribution in [-0.2, 0) is 19.9 Å². The lowest BCUT2D eigenvalue weighted by Crippen LogP contribution is -2.98. The van der Waals surface area contributed by atoms with Gasteiger partial charge in [0.2, 0.25) is 17.4 Å². The largest absolute Gasteiger partial charge is 0.326 e. The van der Waals surface area contributed by atoms with E-state index in [0.717, 1.165) is 16.8 Å². The second kappa shape index (κ2) is 4.69. The van der Waals surface area contributed by atoms with E-state index >= 15 is 0 Å². The molecule has 3 amide bonds. The molecule has 4 rings (SSSR count). The fourth-order valence-electron chi connectivity index (χ4n) is 4.91. The third-order valence-electron chi connectivity index (χ3n) is 5.85. The van der Waals surface area contributed by atoms with Gasteiger partial charge >= 0.3 is 0 Å². The van der Waals surface area contributed by atoms with Crippen LogP contribution >= 0.6 is 0 Å². The Labute approximate surface area is 147 Å². The molecule has 6 heteroatoms. The maximum atomic E-state index is 13.3. The predicted molar refractivity (Wildman–Crippen MR) is 91.5 cm³/mol. The van der Waals surface area contributed by atoms with Gasteiger partial charge in [-0.15, -0.1) is 0 Å². The van der Waals surface area contributed by atoms with Gasteiger partial charge in [-0.3, -0.25) is 19.3 Å². The number of hydrogen-bond donors (Lipinski definition) is 2. The van der Waals surface area contributed by atoms with Crippen LogP contribution in [0.15, 0.2) is 18.2 Å². The number of nitrogens with zero attached hydrogens (tertiary/aromatic N) is 1. The average Bonchev–Trinajstić information content (AvgIpc) is 3.04. The molecule has 4 atom stereocenters. The van der Waals surface area contributed by atoms with Crippen molar-refractivity contribution in [3.63, 3.8) is 0 Å². The van der Waals surface area contributed by atoms with Gasteiger partial charge in [0, 0.05) is 11.1 Å². The normalized spacial score (nSPS) is 33.9. The van der Waals surface area contributed by atoms with Crippen LogP contribution in [0.5, 0.6) is 0 Å². The van der Waals surface area contributed by atoms with E-state index in [-0.39, 0.29) is 23.8 Å². The highest BCUT2D eigenvalue weighted by Gasteiger charge is 2.74. The number of nitrogens with two attached hydrogens (primary N) is 1. The molecule has 2 saturated heterocycles. The number of benzene rings is 1. The summed E-state index contributed by atoms with van der Waals surface area (Å²) in [5, 5.41) is 4.86. The Hall–Kier alpha value is -2.21. The minimum Gasteiger partial charge on any atom is -0.326 e. The van der Waals surface area contributed by atoms with E-state index in [1.807, 2.05) is 58.1 Å². The van der Waals surface area contributed by atoms with Gasteiger partial charge < -0.3 is 10.6 Å². The number of aryl methyl sites for hydroxylation is 1. The molecule has 1 spiro atoms. The number of amides is 3. The third kappa shape index (κ3) is 1.86. The van der Waals surface area contributed by atoms with Crippen LogP contribution in [0.2, 0.25) is 0 Å². The lowest BCUT2D eigenvalue weighted by atomic mass is 9.76. The van der Waals surface area contributed by atoms with Crippen LogP contribution in [0, 0.1) is 18.8 Å². The van der Waals surface area contributed by atoms with Crippen molar-refractivity contribution in [1.29, 1.82) is 0 Å². The highest BCUT2D eigenvalue weighted by Crippen LogP contribution is 2.50. The van der Waals surface area contributed by atoms with E-state index in [1.165, 1.54) is 4.90 Å². The topological polar surface area (TPSA) is 83.1 Å². The standard InChI is InChI=1S/C19H23N3O3/c1-9-6-7-12-11(8-9)19(17(25)20-12)14-13(10(2)21-19)15(23)22(16(14)24)18(3,4)5/h6-8,10,13-14,21H,1-5H3,(H,20,25)/p+1/t10-,13-,14+,19-/m1/s1. The van der Waals surface area contributed by atoms with Crippen LogP contribution in [-0.4, -0.2) is 34.2 Å². The third-order valence-corrected chi connectivity index (χ3v) is 5.85. The first-order valence-corrected chi connectivity index (χ1v) is 8.75. The molecule has 1 aromatic rings. The fourth-order valence-corrected chi connectivity index (χ4v) is 4.91. The van der Waals surface area contributed by atoms with Gasteiger partial charge in [-0.2, -0.15) is 0 Å². The van der Waals surface area contributed by atoms with Crippen molar-refractivity contribution >= 4 is 23.4 Å². The summed E-state index contributed by atoms with van der Waals surface area (Å²) in [4.78, 5) is 40.7. The molecule has 132 valence electrons. The Morgan fingerprint density at radius 1 is 1.16 bits per heavy atom. The Morgan fingerprint density at radius 3 is 2.48 bits per heavy atom. The van der Waals surface area contributed by atoms with Crippen LogP contribution in [0.1, 0.15) is 38.8 Å². The number of carbonyl (C=O) groups excluding carboxylic acids is 3. The van der Waals surface area contributed by atoms with Gasteiger partial charge in [-0.1, -0.05) is 11.6 Å². The Balaban J connectivity index is 1.92. The van der Waals surface area contributed by atoms with Crippen LogP contribution in [0.25, 0.3) is 0 Å². The summed E-state index contributed by atoms with van der Waals surface area (Å²) >= 11 is 0. The monoisotopic (exact) mass is 342 g/mol. The molecule has 3 heterocycles. The van der Waals surface area contributed by atoms with Crippen molar-refractivity contribution in [1.82, 2.24) is 4.90 Å². The number of nitrogens with one attached hydrogen (secondary N) is 1. The molecule has 2 fully saturated rings. The minimum atomic E-state index is -1.04. The summed E-state index contributed by atoms with van der Waals surface area (Å²) in [6, 6.07) is 5.66. The van der Waals surface area contributed by atoms with Gasteiger partial charge in [-0.25, -0.2) is 0 Å². The van der Waals surface area contributed by atoms with E-state index < -0.39 is 22.9 Å². The molecule has 6 nitrogen and oxygen atoms in total. The second-order valence-electron chi connectivity index (χ2n) is 8.58. The average molecular weight is 342 g/mol. The minimum absolute atomic E-state index is 0.133. The number of quaternary nitrogens is 1. The van der Waals surface area contributed by atoms with Crippen molar-refractivity contribution in [2.75, 3.05) is 5.32 Å². The highest BCUT2D eigenvalue weighted by atomic mass is 16.2. The van der Waals surface area contributed by atoms with Crippen molar-refractivity contribution in [2.45, 2.75) is 51.7 Å². The SMILES string of the molecule is Cc1ccc2c(c1)[C@]1([NH2+][C@H](C)[C@H]3C(=O)N(C(C)(C)C)C(=O)[C@H]31)C(=O)N2. The number of hydrogen-bond acceptors (Lipinski definition) is 3. The maximum Gasteiger partial charge on any atom is 0.291 e. The van der Waals surface area contributed by atoms with Crippen LogP contribution in [0.3, 0.4) is 0 Å². The molecule has 0 bridgehead atoms. The molecule has 3 aliphatic heterocycles. The molecular formula is C19H24N3O3+. The van der Waals surface area contributed by atoms with E-state index in [9.17, 15) is 14.4 Å². The first-order chi connectivity index (χ1) is 11.6. The summed E-state index contributed by atoms with van der Waals surface area (Å²) in [5.74, 6) is -1.70. The van der Waals surface area contributed by atoms with Crippen molar-refractivity contribution in [3.8, 4) is 0 Å². The Bertz CT molecular complexity index is 826. The smallest absolute Gasteiger partial charge is 0.291 e. The molecule has 3 N–H and O–H groups in total. The van der Waals surface area contributed by atoms with Crippen molar-refractivity contribution in [2.24, 2.45) is 11.8 Å². The molecule has 3 aliphatic rings. The number of fused-ring (bicyclic) bond motifs is 4. The lowest BCUT2D eigenvalue weighted by Gasteiger charge is -2.33. The summed E-state index contributed by atoms with van der Waals surface area (Å²) < 4.78 is 0. The summed E-state index contributed by atoms with van der Waals surface area (Å²) in [6.45, 7) is 9.48. The van der Waals surface area contributed by atoms with Crippen LogP contribution in [0.4, 0.5) is 5.69 Å². The molecule has 1 aromatic carbocycles. The molecule has 0 aromatic heterocycles. The Kier molecular flexibility index (Phi) is 3.06. The fraction of sp³-hybridized carbons (Fsp3) is 0.526. The zero-order chi connectivity index (χ0) is 18.3. The number of imide groups is 1. The van der Waals surface area contributed by atoms with E-state index in [2.05, 4.69) is 5.32 Å². The van der Waals surface area contributed by atoms with Gasteiger partial charge in [0.15, 0.2) is 0 Å². The van der Waals surface area contributed by atoms with Gasteiger partial charge in [0.25, 0.3) is 5.91 Å². The van der Waals surface area contributed by atoms with Crippen molar-refractivity contribution < 1.29 is 19.7 Å². The lowest BCUT2D eigenvalue weighted by molar-refractivity contribution is -0.730. The second-order valence-corrected chi connectivity index (χ2v) is 8.58. The van der Waals surface area contributed by atoms with Gasteiger partial charge in [0.05, 0.1) is 11.7 Å². The quantitative estimate of drug-likeness (QED) is 0.674. The number of anilines is 1. The van der Waals surface area contributed by atoms with E-state index in [4.69, 9.17) is 0 Å². The number of rotatable bonds is 0. The zero-order valence-electron chi connectivity index (χ0n) is 15.2. The maximum absolute atomic E-state index is 13.3. The van der Waals surface area contributed by atoms with Crippen LogP contribution < -0.4 is 10.6 Å². The van der Waals surface area contributed by atoms with Gasteiger partial charge in [-0.05, 0) is 46.8 Å². The number of likely N-dealkylation sites (tertiary alicyclic amines) is 1. The molecule has 0 aliphatic carbocycles. The number of carbonyl (C=O) groups is 3. The summed E-state index contributed by atoms with van der Waals surface area (Å²) in [5.41, 5.74) is 0.966. The highest BCUT2D eigenvalue weighted by molar-refractivity contribution is 6.14. The first kappa shape index (κ1) is 16.3. The molecular weight excluding hydrogens is 318 g/mol. The summed E-state index contributed by atoms with van der Waals surface area (Å²) in [7, 11) is 0. The van der Waals surface area contributed by atoms with E-state index in [1.54, 1.807) is 0 Å². The van der Waals surface area contributed by atoms with E-state index in [0.29, 0.717) is 0 Å². The van der Waals surface area contributed by atoms with Gasteiger partial charge in [0.1, 0.15) is 11.8 Å².